The van der Waals surface area contributed by atoms with Crippen LogP contribution in [0.2, 0.25) is 10.0 Å². The number of rotatable bonds is 6. The molecule has 3 N–H and O–H groups in total. The molecule has 1 aliphatic heterocycles. The van der Waals surface area contributed by atoms with Crippen molar-refractivity contribution in [1.82, 2.24) is 10.2 Å². The summed E-state index contributed by atoms with van der Waals surface area (Å²) in [5, 5.41) is 3.24. The second kappa shape index (κ2) is 8.33. The molecule has 2 aromatic rings. The Morgan fingerprint density at radius 2 is 1.89 bits per heavy atom. The molecular formula is C19H15Cl2N3O4. The van der Waals surface area contributed by atoms with Crippen molar-refractivity contribution in [3.8, 4) is 5.75 Å². The van der Waals surface area contributed by atoms with Gasteiger partial charge in [0.15, 0.2) is 6.61 Å². The largest absolute Gasteiger partial charge is 0.482 e. The van der Waals surface area contributed by atoms with Crippen molar-refractivity contribution >= 4 is 47.1 Å². The summed E-state index contributed by atoms with van der Waals surface area (Å²) in [5.41, 5.74) is 6.37. The molecule has 1 aliphatic rings. The van der Waals surface area contributed by atoms with E-state index in [9.17, 15) is 14.4 Å². The molecular weight excluding hydrogens is 405 g/mol. The molecule has 7 nitrogen and oxygen atoms in total. The highest BCUT2D eigenvalue weighted by Crippen LogP contribution is 2.27. The Bertz CT molecular complexity index is 991. The van der Waals surface area contributed by atoms with E-state index in [0.29, 0.717) is 16.1 Å². The van der Waals surface area contributed by atoms with Gasteiger partial charge >= 0.3 is 6.03 Å². The number of benzene rings is 2. The topological polar surface area (TPSA) is 102 Å². The fourth-order valence-corrected chi connectivity index (χ4v) is 2.99. The van der Waals surface area contributed by atoms with Crippen LogP contribution >= 0.6 is 23.2 Å². The van der Waals surface area contributed by atoms with Gasteiger partial charge in [0.1, 0.15) is 11.4 Å². The number of halogens is 2. The van der Waals surface area contributed by atoms with Crippen LogP contribution in [0.5, 0.6) is 5.75 Å². The van der Waals surface area contributed by atoms with Gasteiger partial charge in [-0.1, -0.05) is 47.5 Å². The van der Waals surface area contributed by atoms with Crippen molar-refractivity contribution < 1.29 is 19.1 Å². The quantitative estimate of drug-likeness (QED) is 0.554. The van der Waals surface area contributed by atoms with Crippen molar-refractivity contribution in [2.24, 2.45) is 5.73 Å². The Hall–Kier alpha value is -3.03. The number of hydrogen-bond donors (Lipinski definition) is 2. The first-order chi connectivity index (χ1) is 13.3. The molecule has 144 valence electrons. The monoisotopic (exact) mass is 419 g/mol. The van der Waals surface area contributed by atoms with Gasteiger partial charge in [0, 0.05) is 5.02 Å². The zero-order valence-corrected chi connectivity index (χ0v) is 16.0. The van der Waals surface area contributed by atoms with Gasteiger partial charge in [-0.3, -0.25) is 14.5 Å². The molecule has 0 unspecified atom stereocenters. The molecule has 4 amide bonds. The number of carbonyl (C=O) groups excluding carboxylic acids is 3. The van der Waals surface area contributed by atoms with Crippen LogP contribution in [-0.2, 0) is 16.1 Å². The van der Waals surface area contributed by atoms with Crippen molar-refractivity contribution in [3.05, 3.63) is 69.3 Å². The van der Waals surface area contributed by atoms with Gasteiger partial charge in [-0.25, -0.2) is 4.79 Å². The number of imide groups is 1. The Kier molecular flexibility index (Phi) is 5.87. The Balaban J connectivity index is 1.77. The molecule has 1 saturated heterocycles. The molecule has 1 heterocycles. The first-order valence-electron chi connectivity index (χ1n) is 8.14. The molecule has 28 heavy (non-hydrogen) atoms. The molecule has 3 rings (SSSR count). The number of nitrogens with zero attached hydrogens (tertiary/aromatic N) is 1. The summed E-state index contributed by atoms with van der Waals surface area (Å²) in [6, 6.07) is 11.2. The Labute approximate surface area is 170 Å². The number of hydrogen-bond acceptors (Lipinski definition) is 4. The lowest BCUT2D eigenvalue weighted by Gasteiger charge is -2.12. The molecule has 0 atom stereocenters. The third-order valence-electron chi connectivity index (χ3n) is 3.89. The van der Waals surface area contributed by atoms with E-state index in [0.717, 1.165) is 4.90 Å². The smallest absolute Gasteiger partial charge is 0.329 e. The van der Waals surface area contributed by atoms with Crippen molar-refractivity contribution in [3.63, 3.8) is 0 Å². The minimum absolute atomic E-state index is 0.0579. The molecule has 0 radical (unpaired) electrons. The van der Waals surface area contributed by atoms with E-state index in [2.05, 4.69) is 5.32 Å². The van der Waals surface area contributed by atoms with Crippen LogP contribution in [0.1, 0.15) is 11.1 Å². The third-order valence-corrected chi connectivity index (χ3v) is 4.55. The van der Waals surface area contributed by atoms with Gasteiger partial charge in [0.25, 0.3) is 11.8 Å². The zero-order chi connectivity index (χ0) is 20.3. The van der Waals surface area contributed by atoms with Crippen molar-refractivity contribution in [2.75, 3.05) is 6.61 Å². The van der Waals surface area contributed by atoms with E-state index in [1.165, 1.54) is 6.08 Å². The lowest BCUT2D eigenvalue weighted by atomic mass is 10.1. The maximum atomic E-state index is 12.6. The highest BCUT2D eigenvalue weighted by Gasteiger charge is 2.33. The molecule has 0 saturated carbocycles. The average molecular weight is 420 g/mol. The van der Waals surface area contributed by atoms with Crippen LogP contribution in [0.4, 0.5) is 4.79 Å². The van der Waals surface area contributed by atoms with Crippen LogP contribution in [-0.4, -0.2) is 29.4 Å². The van der Waals surface area contributed by atoms with Gasteiger partial charge in [0.05, 0.1) is 11.6 Å². The van der Waals surface area contributed by atoms with E-state index >= 15 is 0 Å². The first kappa shape index (κ1) is 19.7. The molecule has 9 heteroatoms. The molecule has 0 bridgehead atoms. The minimum Gasteiger partial charge on any atom is -0.482 e. The summed E-state index contributed by atoms with van der Waals surface area (Å²) in [4.78, 5) is 36.6. The summed E-state index contributed by atoms with van der Waals surface area (Å²) in [5.74, 6) is -0.819. The third kappa shape index (κ3) is 4.44. The van der Waals surface area contributed by atoms with Gasteiger partial charge in [0.2, 0.25) is 0 Å². The standard InChI is InChI=1S/C19H15Cl2N3O4/c20-13-4-2-1-3-12(13)9-24-18(26)15(23-19(24)27)8-11-5-6-16(14(21)7-11)28-10-17(22)25/h1-8H,9-10H2,(H2,22,25)(H,23,27). The number of ether oxygens (including phenoxy) is 1. The summed E-state index contributed by atoms with van der Waals surface area (Å²) in [6.45, 7) is -0.242. The number of nitrogens with one attached hydrogen (secondary N) is 1. The van der Waals surface area contributed by atoms with E-state index in [1.807, 2.05) is 0 Å². The number of urea groups is 1. The van der Waals surface area contributed by atoms with E-state index in [-0.39, 0.29) is 29.6 Å². The van der Waals surface area contributed by atoms with Crippen LogP contribution in [0, 0.1) is 0 Å². The summed E-state index contributed by atoms with van der Waals surface area (Å²) in [7, 11) is 0. The molecule has 0 spiro atoms. The molecule has 1 fully saturated rings. The lowest BCUT2D eigenvalue weighted by Crippen LogP contribution is -2.30. The Morgan fingerprint density at radius 1 is 1.14 bits per heavy atom. The average Bonchev–Trinajstić information content (AvgIpc) is 2.90. The van der Waals surface area contributed by atoms with E-state index < -0.39 is 17.8 Å². The number of carbonyl (C=O) groups is 3. The summed E-state index contributed by atoms with van der Waals surface area (Å²) >= 11 is 12.2. The zero-order valence-electron chi connectivity index (χ0n) is 14.4. The fraction of sp³-hybridized carbons (Fsp3) is 0.105. The molecule has 2 aromatic carbocycles. The lowest BCUT2D eigenvalue weighted by molar-refractivity contribution is -0.123. The maximum absolute atomic E-state index is 12.6. The fourth-order valence-electron chi connectivity index (χ4n) is 2.55. The SMILES string of the molecule is NC(=O)COc1ccc(C=C2NC(=O)N(Cc3ccccc3Cl)C2=O)cc1Cl. The summed E-state index contributed by atoms with van der Waals surface area (Å²) in [6.07, 6.45) is 1.50. The van der Waals surface area contributed by atoms with Crippen molar-refractivity contribution in [1.29, 1.82) is 0 Å². The van der Waals surface area contributed by atoms with Gasteiger partial charge in [-0.05, 0) is 35.4 Å². The number of amides is 4. The predicted molar refractivity (Wildman–Crippen MR) is 105 cm³/mol. The highest BCUT2D eigenvalue weighted by atomic mass is 35.5. The van der Waals surface area contributed by atoms with Crippen LogP contribution in [0.3, 0.4) is 0 Å². The second-order valence-corrected chi connectivity index (χ2v) is 6.73. The Morgan fingerprint density at radius 3 is 2.57 bits per heavy atom. The van der Waals surface area contributed by atoms with Gasteiger partial charge in [-0.2, -0.15) is 0 Å². The van der Waals surface area contributed by atoms with E-state index in [4.69, 9.17) is 33.7 Å². The van der Waals surface area contributed by atoms with Crippen molar-refractivity contribution in [2.45, 2.75) is 6.54 Å². The highest BCUT2D eigenvalue weighted by molar-refractivity contribution is 6.32. The molecule has 0 aromatic heterocycles. The molecule has 0 aliphatic carbocycles. The predicted octanol–water partition coefficient (Wildman–Crippen LogP) is 2.95. The minimum atomic E-state index is -0.625. The van der Waals surface area contributed by atoms with Crippen LogP contribution in [0.25, 0.3) is 6.08 Å². The second-order valence-electron chi connectivity index (χ2n) is 5.92. The first-order valence-corrected chi connectivity index (χ1v) is 8.89. The number of primary amides is 1. The van der Waals surface area contributed by atoms with Crippen LogP contribution in [0.15, 0.2) is 48.2 Å². The normalized spacial score (nSPS) is 15.1. The van der Waals surface area contributed by atoms with Gasteiger partial charge < -0.3 is 15.8 Å². The summed E-state index contributed by atoms with van der Waals surface area (Å²) < 4.78 is 5.17. The maximum Gasteiger partial charge on any atom is 0.329 e. The van der Waals surface area contributed by atoms with Crippen LogP contribution < -0.4 is 15.8 Å². The van der Waals surface area contributed by atoms with Gasteiger partial charge in [-0.15, -0.1) is 0 Å². The van der Waals surface area contributed by atoms with E-state index in [1.54, 1.807) is 42.5 Å². The number of nitrogens with two attached hydrogens (primary N) is 1.